The molecule has 0 saturated heterocycles. The molecule has 0 N–H and O–H groups in total. The molecule has 0 fully saturated rings. The average Bonchev–Trinajstić information content (AvgIpc) is 3.55. The number of nitrogens with zero attached hydrogens (tertiary/aromatic N) is 3. The second-order valence-corrected chi connectivity index (χ2v) is 12.0. The summed E-state index contributed by atoms with van der Waals surface area (Å²) in [7, 11) is 0. The van der Waals surface area contributed by atoms with Gasteiger partial charge in [-0.15, -0.1) is 22.7 Å². The molecule has 0 saturated carbocycles. The van der Waals surface area contributed by atoms with Crippen molar-refractivity contribution in [3.8, 4) is 9.75 Å². The number of pyridine rings is 1. The summed E-state index contributed by atoms with van der Waals surface area (Å²) >= 11 is 3.77. The van der Waals surface area contributed by atoms with Crippen LogP contribution in [-0.2, 0) is 6.54 Å². The van der Waals surface area contributed by atoms with Gasteiger partial charge in [-0.05, 0) is 69.0 Å². The highest BCUT2D eigenvalue weighted by Crippen LogP contribution is 2.37. The third-order valence-corrected chi connectivity index (χ3v) is 9.43. The molecule has 0 aliphatic heterocycles. The second-order valence-electron chi connectivity index (χ2n) is 9.80. The molecule has 3 heterocycles. The first kappa shape index (κ1) is 35.0. The van der Waals surface area contributed by atoms with Crippen molar-refractivity contribution in [2.45, 2.75) is 66.8 Å². The van der Waals surface area contributed by atoms with Gasteiger partial charge in [0, 0.05) is 39.9 Å². The molecule has 0 unspecified atom stereocenters. The number of quaternary nitrogens is 1. The van der Waals surface area contributed by atoms with E-state index in [0.29, 0.717) is 0 Å². The van der Waals surface area contributed by atoms with E-state index in [-0.39, 0.29) is 34.0 Å². The van der Waals surface area contributed by atoms with Crippen molar-refractivity contribution >= 4 is 39.8 Å². The van der Waals surface area contributed by atoms with Crippen LogP contribution in [0.1, 0.15) is 70.7 Å². The standard InChI is InChI=1S/C31H47N3S2.2BrH/c1-6-23-34(24-7-2,25-8-3)26-11-20-32-21-18-27(19-22-32)12-13-28-14-15-29(35-28)30-16-17-31(36-30)33(9-4)10-5;;/h12-19,21-22H,6-11,20,23-26H2,1-5H3;2*1H/q+2;;/p-2. The van der Waals surface area contributed by atoms with Gasteiger partial charge < -0.3 is 43.3 Å². The largest absolute Gasteiger partial charge is 1.00 e. The Labute approximate surface area is 261 Å². The smallest absolute Gasteiger partial charge is 0.169 e. The monoisotopic (exact) mass is 683 g/mol. The van der Waals surface area contributed by atoms with Crippen molar-refractivity contribution < 1.29 is 43.0 Å². The zero-order valence-electron chi connectivity index (χ0n) is 24.0. The fourth-order valence-corrected chi connectivity index (χ4v) is 7.46. The minimum absolute atomic E-state index is 0. The lowest BCUT2D eigenvalue weighted by atomic mass is 10.2. The van der Waals surface area contributed by atoms with Crippen LogP contribution in [0.5, 0.6) is 0 Å². The zero-order valence-corrected chi connectivity index (χ0v) is 28.8. The van der Waals surface area contributed by atoms with Crippen LogP contribution in [0.25, 0.3) is 21.9 Å². The summed E-state index contributed by atoms with van der Waals surface area (Å²) in [6.45, 7) is 19.9. The van der Waals surface area contributed by atoms with Crippen molar-refractivity contribution in [3.63, 3.8) is 0 Å². The summed E-state index contributed by atoms with van der Waals surface area (Å²) in [6, 6.07) is 13.5. The lowest BCUT2D eigenvalue weighted by molar-refractivity contribution is -0.930. The van der Waals surface area contributed by atoms with Gasteiger partial charge in [0.2, 0.25) is 0 Å². The molecule has 3 aromatic rings. The highest BCUT2D eigenvalue weighted by molar-refractivity contribution is 7.24. The van der Waals surface area contributed by atoms with Gasteiger partial charge in [-0.1, -0.05) is 26.8 Å². The maximum absolute atomic E-state index is 2.42. The Balaban J connectivity index is 0.00000361. The number of aryl methyl sites for hydroxylation is 1. The van der Waals surface area contributed by atoms with E-state index in [1.807, 2.05) is 22.7 Å². The third kappa shape index (κ3) is 10.2. The van der Waals surface area contributed by atoms with Crippen molar-refractivity contribution in [3.05, 3.63) is 59.2 Å². The second kappa shape index (κ2) is 18.4. The lowest BCUT2D eigenvalue weighted by Crippen LogP contribution is -3.00. The third-order valence-electron chi connectivity index (χ3n) is 7.04. The molecular formula is C31H47Br2N3S2. The predicted molar refractivity (Wildman–Crippen MR) is 162 cm³/mol. The molecule has 0 spiro atoms. The van der Waals surface area contributed by atoms with Gasteiger partial charge in [-0.25, -0.2) is 4.57 Å². The van der Waals surface area contributed by atoms with Crippen LogP contribution in [-0.4, -0.2) is 43.8 Å². The minimum Gasteiger partial charge on any atom is -1.00 e. The van der Waals surface area contributed by atoms with E-state index in [1.54, 1.807) is 0 Å². The Bertz CT molecular complexity index is 1040. The van der Waals surface area contributed by atoms with Gasteiger partial charge in [0.1, 0.15) is 0 Å². The fraction of sp³-hybridized carbons (Fsp3) is 0.516. The van der Waals surface area contributed by atoms with Crippen LogP contribution >= 0.6 is 22.7 Å². The zero-order chi connectivity index (χ0) is 25.8. The van der Waals surface area contributed by atoms with Crippen LogP contribution < -0.4 is 43.4 Å². The first-order valence-electron chi connectivity index (χ1n) is 14.0. The highest BCUT2D eigenvalue weighted by Gasteiger charge is 2.24. The Kier molecular flexibility index (Phi) is 16.9. The van der Waals surface area contributed by atoms with E-state index in [1.165, 1.54) is 81.5 Å². The maximum Gasteiger partial charge on any atom is 0.169 e. The summed E-state index contributed by atoms with van der Waals surface area (Å²) in [5, 5.41) is 1.36. The van der Waals surface area contributed by atoms with E-state index in [2.05, 4.69) is 105 Å². The number of rotatable bonds is 16. The Morgan fingerprint density at radius 3 is 1.87 bits per heavy atom. The predicted octanol–water partition coefficient (Wildman–Crippen LogP) is 2.23. The SMILES string of the molecule is CCC[N+](CCC)(CCC)CCC[n+]1ccc(/C=C/c2ccc(-c3ccc(N(CC)CC)s3)s2)cc1.[Br-].[Br-]. The number of halogens is 2. The van der Waals surface area contributed by atoms with E-state index in [4.69, 9.17) is 0 Å². The Hall–Kier alpha value is -0.990. The molecule has 3 aromatic heterocycles. The van der Waals surface area contributed by atoms with Gasteiger partial charge in [0.05, 0.1) is 37.6 Å². The quantitative estimate of drug-likeness (QED) is 0.166. The number of thiophene rings is 2. The maximum atomic E-state index is 2.42. The van der Waals surface area contributed by atoms with Crippen molar-refractivity contribution in [2.75, 3.05) is 44.2 Å². The molecule has 0 bridgehead atoms. The summed E-state index contributed by atoms with van der Waals surface area (Å²) in [6.07, 6.45) is 14.1. The number of hydrogen-bond donors (Lipinski definition) is 0. The Morgan fingerprint density at radius 1 is 0.711 bits per heavy atom. The molecule has 7 heteroatoms. The summed E-state index contributed by atoms with van der Waals surface area (Å²) in [4.78, 5) is 6.44. The van der Waals surface area contributed by atoms with Crippen molar-refractivity contribution in [2.24, 2.45) is 0 Å². The summed E-state index contributed by atoms with van der Waals surface area (Å²) in [5.74, 6) is 0. The van der Waals surface area contributed by atoms with E-state index >= 15 is 0 Å². The number of anilines is 1. The number of hydrogen-bond acceptors (Lipinski definition) is 3. The van der Waals surface area contributed by atoms with Gasteiger partial charge in [0.15, 0.2) is 18.9 Å². The molecule has 0 aliphatic carbocycles. The molecule has 0 atom stereocenters. The molecule has 0 aliphatic rings. The molecule has 0 radical (unpaired) electrons. The van der Waals surface area contributed by atoms with Crippen LogP contribution in [0.3, 0.4) is 0 Å². The van der Waals surface area contributed by atoms with Gasteiger partial charge >= 0.3 is 0 Å². The molecule has 38 heavy (non-hydrogen) atoms. The van der Waals surface area contributed by atoms with E-state index in [0.717, 1.165) is 19.6 Å². The minimum atomic E-state index is 0. The Morgan fingerprint density at radius 2 is 1.29 bits per heavy atom. The lowest BCUT2D eigenvalue weighted by Gasteiger charge is -2.38. The van der Waals surface area contributed by atoms with E-state index < -0.39 is 0 Å². The van der Waals surface area contributed by atoms with Crippen molar-refractivity contribution in [1.29, 1.82) is 0 Å². The average molecular weight is 686 g/mol. The molecule has 3 nitrogen and oxygen atoms in total. The van der Waals surface area contributed by atoms with Crippen molar-refractivity contribution in [1.82, 2.24) is 0 Å². The van der Waals surface area contributed by atoms with Crippen LogP contribution in [0, 0.1) is 0 Å². The number of aromatic nitrogens is 1. The van der Waals surface area contributed by atoms with Crippen LogP contribution in [0.2, 0.25) is 0 Å². The van der Waals surface area contributed by atoms with E-state index in [9.17, 15) is 0 Å². The first-order chi connectivity index (χ1) is 17.6. The molecule has 3 rings (SSSR count). The topological polar surface area (TPSA) is 7.12 Å². The van der Waals surface area contributed by atoms with Gasteiger partial charge in [-0.3, -0.25) is 0 Å². The first-order valence-corrected chi connectivity index (χ1v) is 15.7. The molecule has 0 amide bonds. The molecular weight excluding hydrogens is 638 g/mol. The summed E-state index contributed by atoms with van der Waals surface area (Å²) < 4.78 is 3.65. The van der Waals surface area contributed by atoms with Gasteiger partial charge in [0.25, 0.3) is 0 Å². The summed E-state index contributed by atoms with van der Waals surface area (Å²) in [5.41, 5.74) is 1.26. The van der Waals surface area contributed by atoms with Gasteiger partial charge in [-0.2, -0.15) is 0 Å². The van der Waals surface area contributed by atoms with Crippen LogP contribution in [0.15, 0.2) is 48.8 Å². The normalized spacial score (nSPS) is 11.4. The molecule has 0 aromatic carbocycles. The molecule has 212 valence electrons. The van der Waals surface area contributed by atoms with Crippen LogP contribution in [0.4, 0.5) is 5.00 Å². The fourth-order valence-electron chi connectivity index (χ4n) is 5.33. The highest BCUT2D eigenvalue weighted by atomic mass is 79.9.